The first kappa shape index (κ1) is 25.3. The van der Waals surface area contributed by atoms with E-state index in [0.29, 0.717) is 11.4 Å². The van der Waals surface area contributed by atoms with Crippen LogP contribution in [0.3, 0.4) is 0 Å². The number of amides is 1. The molecule has 2 heterocycles. The van der Waals surface area contributed by atoms with Gasteiger partial charge in [-0.1, -0.05) is 24.2 Å². The molecule has 0 saturated carbocycles. The molecule has 0 atom stereocenters. The van der Waals surface area contributed by atoms with Crippen molar-refractivity contribution in [2.75, 3.05) is 54.1 Å². The van der Waals surface area contributed by atoms with Gasteiger partial charge in [0.25, 0.3) is 0 Å². The maximum Gasteiger partial charge on any atom is 0.247 e. The molecule has 0 unspecified atom stereocenters. The van der Waals surface area contributed by atoms with Gasteiger partial charge in [0.05, 0.1) is 17.6 Å². The molecular weight excluding hydrogens is 488 g/mol. The zero-order chi connectivity index (χ0) is 25.8. The minimum atomic E-state index is -0.780. The van der Waals surface area contributed by atoms with E-state index in [1.54, 1.807) is 6.07 Å². The van der Waals surface area contributed by atoms with E-state index < -0.39 is 11.6 Å². The maximum absolute atomic E-state index is 14.1. The number of aromatic nitrogens is 2. The molecule has 0 aliphatic carbocycles. The average molecular weight is 514 g/mol. The van der Waals surface area contributed by atoms with Crippen molar-refractivity contribution >= 4 is 52.0 Å². The number of carbonyl (C=O) groups excluding carboxylic acids is 1. The predicted octanol–water partition coefficient (Wildman–Crippen LogP) is 5.08. The SMILES string of the molecule is C=CC(=O)Nc1cc(Nc2ncc(Cl)c(Nc3c(F)cccc3F)n2)c(C)cc1N1CCN(C)CC1. The molecule has 1 fully saturated rings. The number of likely N-dealkylation sites (N-methyl/N-ethyl adjacent to an activating group) is 1. The smallest absolute Gasteiger partial charge is 0.247 e. The second-order valence-corrected chi connectivity index (χ2v) is 8.81. The Labute approximate surface area is 213 Å². The fraction of sp³-hybridized carbons (Fsp3) is 0.240. The fourth-order valence-electron chi connectivity index (χ4n) is 3.79. The average Bonchev–Trinajstić information content (AvgIpc) is 2.85. The summed E-state index contributed by atoms with van der Waals surface area (Å²) < 4.78 is 28.2. The number of anilines is 6. The first-order valence-corrected chi connectivity index (χ1v) is 11.6. The van der Waals surface area contributed by atoms with E-state index in [1.807, 2.05) is 13.0 Å². The summed E-state index contributed by atoms with van der Waals surface area (Å²) in [5, 5.41) is 8.68. The molecule has 1 amide bonds. The highest BCUT2D eigenvalue weighted by Gasteiger charge is 2.20. The third-order valence-electron chi connectivity index (χ3n) is 5.83. The van der Waals surface area contributed by atoms with Crippen LogP contribution in [0.4, 0.5) is 43.3 Å². The van der Waals surface area contributed by atoms with Gasteiger partial charge in [0.2, 0.25) is 11.9 Å². The highest BCUT2D eigenvalue weighted by Crippen LogP contribution is 2.35. The minimum absolute atomic E-state index is 0.0325. The number of hydrogen-bond donors (Lipinski definition) is 3. The number of nitrogens with zero attached hydrogens (tertiary/aromatic N) is 4. The van der Waals surface area contributed by atoms with Gasteiger partial charge in [-0.25, -0.2) is 13.8 Å². The van der Waals surface area contributed by atoms with E-state index in [9.17, 15) is 13.6 Å². The zero-order valence-electron chi connectivity index (χ0n) is 19.9. The van der Waals surface area contributed by atoms with Crippen LogP contribution < -0.4 is 20.9 Å². The molecular formula is C25H26ClF2N7O. The number of nitrogens with one attached hydrogen (secondary N) is 3. The lowest BCUT2D eigenvalue weighted by Crippen LogP contribution is -2.44. The number of para-hydroxylation sites is 1. The largest absolute Gasteiger partial charge is 0.367 e. The van der Waals surface area contributed by atoms with Crippen molar-refractivity contribution in [1.82, 2.24) is 14.9 Å². The van der Waals surface area contributed by atoms with Gasteiger partial charge < -0.3 is 25.8 Å². The van der Waals surface area contributed by atoms with Crippen LogP contribution in [0.2, 0.25) is 5.02 Å². The van der Waals surface area contributed by atoms with Crippen LogP contribution in [0.15, 0.2) is 49.2 Å². The van der Waals surface area contributed by atoms with Crippen LogP contribution >= 0.6 is 11.6 Å². The number of benzene rings is 2. The molecule has 1 aromatic heterocycles. The fourth-order valence-corrected chi connectivity index (χ4v) is 3.93. The predicted molar refractivity (Wildman–Crippen MR) is 140 cm³/mol. The molecule has 188 valence electrons. The van der Waals surface area contributed by atoms with E-state index in [0.717, 1.165) is 49.6 Å². The molecule has 1 aliphatic rings. The second-order valence-electron chi connectivity index (χ2n) is 8.40. The Balaban J connectivity index is 1.64. The lowest BCUT2D eigenvalue weighted by Gasteiger charge is -2.35. The molecule has 8 nitrogen and oxygen atoms in total. The Kier molecular flexibility index (Phi) is 7.66. The van der Waals surface area contributed by atoms with Crippen LogP contribution in [0, 0.1) is 18.6 Å². The van der Waals surface area contributed by atoms with Crippen LogP contribution in [-0.2, 0) is 4.79 Å². The van der Waals surface area contributed by atoms with Crippen LogP contribution in [-0.4, -0.2) is 54.0 Å². The summed E-state index contributed by atoms with van der Waals surface area (Å²) in [6.07, 6.45) is 2.54. The van der Waals surface area contributed by atoms with Crippen molar-refractivity contribution in [3.05, 3.63) is 71.4 Å². The second kappa shape index (κ2) is 10.9. The first-order valence-electron chi connectivity index (χ1n) is 11.3. The van der Waals surface area contributed by atoms with Crippen LogP contribution in [0.25, 0.3) is 0 Å². The molecule has 4 rings (SSSR count). The molecule has 3 aromatic rings. The Bertz CT molecular complexity index is 1280. The van der Waals surface area contributed by atoms with Gasteiger partial charge >= 0.3 is 0 Å². The molecule has 0 bridgehead atoms. The number of carbonyl (C=O) groups is 1. The van der Waals surface area contributed by atoms with E-state index in [-0.39, 0.29) is 28.4 Å². The van der Waals surface area contributed by atoms with Crippen LogP contribution in [0.1, 0.15) is 5.56 Å². The van der Waals surface area contributed by atoms with Crippen molar-refractivity contribution in [3.8, 4) is 0 Å². The van der Waals surface area contributed by atoms with Crippen molar-refractivity contribution in [2.45, 2.75) is 6.92 Å². The van der Waals surface area contributed by atoms with Gasteiger partial charge in [0, 0.05) is 31.9 Å². The van der Waals surface area contributed by atoms with Crippen molar-refractivity contribution in [3.63, 3.8) is 0 Å². The third kappa shape index (κ3) is 5.72. The van der Waals surface area contributed by atoms with Gasteiger partial charge in [0.15, 0.2) is 5.82 Å². The summed E-state index contributed by atoms with van der Waals surface area (Å²) in [6, 6.07) is 7.30. The van der Waals surface area contributed by atoms with Gasteiger partial charge in [-0.3, -0.25) is 4.79 Å². The Morgan fingerprint density at radius 2 is 1.81 bits per heavy atom. The van der Waals surface area contributed by atoms with Crippen molar-refractivity contribution < 1.29 is 13.6 Å². The molecule has 36 heavy (non-hydrogen) atoms. The van der Waals surface area contributed by atoms with E-state index in [1.165, 1.54) is 18.3 Å². The Morgan fingerprint density at radius 1 is 1.11 bits per heavy atom. The summed E-state index contributed by atoms with van der Waals surface area (Å²) in [6.45, 7) is 8.92. The topological polar surface area (TPSA) is 85.4 Å². The molecule has 11 heteroatoms. The van der Waals surface area contributed by atoms with Gasteiger partial charge in [-0.05, 0) is 49.9 Å². The summed E-state index contributed by atoms with van der Waals surface area (Å²) in [5.74, 6) is -1.71. The van der Waals surface area contributed by atoms with Gasteiger partial charge in [-0.2, -0.15) is 4.98 Å². The maximum atomic E-state index is 14.1. The van der Waals surface area contributed by atoms with E-state index in [4.69, 9.17) is 11.6 Å². The van der Waals surface area contributed by atoms with Gasteiger partial charge in [-0.15, -0.1) is 0 Å². The summed E-state index contributed by atoms with van der Waals surface area (Å²) >= 11 is 6.17. The quantitative estimate of drug-likeness (QED) is 0.380. The van der Waals surface area contributed by atoms with Crippen molar-refractivity contribution in [1.29, 1.82) is 0 Å². The number of aryl methyl sites for hydroxylation is 1. The molecule has 1 aliphatic heterocycles. The van der Waals surface area contributed by atoms with Crippen LogP contribution in [0.5, 0.6) is 0 Å². The highest BCUT2D eigenvalue weighted by molar-refractivity contribution is 6.32. The molecule has 1 saturated heterocycles. The Hall–Kier alpha value is -3.76. The molecule has 0 spiro atoms. The number of rotatable bonds is 7. The van der Waals surface area contributed by atoms with E-state index in [2.05, 4.69) is 49.3 Å². The lowest BCUT2D eigenvalue weighted by molar-refractivity contribution is -0.111. The summed E-state index contributed by atoms with van der Waals surface area (Å²) in [7, 11) is 2.08. The van der Waals surface area contributed by atoms with E-state index >= 15 is 0 Å². The molecule has 0 radical (unpaired) electrons. The molecule has 2 aromatic carbocycles. The van der Waals surface area contributed by atoms with Crippen molar-refractivity contribution in [2.24, 2.45) is 0 Å². The monoisotopic (exact) mass is 513 g/mol. The normalized spacial score (nSPS) is 13.9. The van der Waals surface area contributed by atoms with Gasteiger partial charge in [0.1, 0.15) is 22.3 Å². The number of piperazine rings is 1. The molecule has 3 N–H and O–H groups in total. The summed E-state index contributed by atoms with van der Waals surface area (Å²) in [5.41, 5.74) is 2.66. The Morgan fingerprint density at radius 3 is 2.47 bits per heavy atom. The number of halogens is 3. The first-order chi connectivity index (χ1) is 17.2. The zero-order valence-corrected chi connectivity index (χ0v) is 20.7. The standard InChI is InChI=1S/C25H26ClF2N7O/c1-4-22(36)30-20-13-19(15(2)12-21(20)35-10-8-34(3)9-11-35)31-25-29-14-16(26)24(33-25)32-23-17(27)6-5-7-18(23)28/h4-7,12-14H,1,8-11H2,2-3H3,(H,30,36)(H2,29,31,32,33). The highest BCUT2D eigenvalue weighted by atomic mass is 35.5. The summed E-state index contributed by atoms with van der Waals surface area (Å²) in [4.78, 5) is 25.1. The minimum Gasteiger partial charge on any atom is -0.367 e. The number of hydrogen-bond acceptors (Lipinski definition) is 7. The third-order valence-corrected chi connectivity index (χ3v) is 6.10. The lowest BCUT2D eigenvalue weighted by atomic mass is 10.1.